The van der Waals surface area contributed by atoms with Crippen LogP contribution in [0.2, 0.25) is 0 Å². The van der Waals surface area contributed by atoms with E-state index in [1.54, 1.807) is 6.07 Å². The summed E-state index contributed by atoms with van der Waals surface area (Å²) >= 11 is 0. The van der Waals surface area contributed by atoms with Gasteiger partial charge in [0.2, 0.25) is 0 Å². The Hall–Kier alpha value is 0.792. The van der Waals surface area contributed by atoms with Crippen LogP contribution in [0.1, 0.15) is 0 Å². The minimum atomic E-state index is -4.12. The van der Waals surface area contributed by atoms with Gasteiger partial charge in [-0.3, -0.25) is 0 Å². The van der Waals surface area contributed by atoms with Crippen LogP contribution in [0.4, 0.5) is 17.6 Å². The van der Waals surface area contributed by atoms with E-state index < -0.39 is 19.0 Å². The monoisotopic (exact) mass is 355 g/mol. The second-order valence-corrected chi connectivity index (χ2v) is 2.58. The summed E-state index contributed by atoms with van der Waals surface area (Å²) in [6, 6.07) is 8.43. The Balaban J connectivity index is 0. The molecule has 0 unspecified atom stereocenters. The van der Waals surface area contributed by atoms with E-state index in [2.05, 4.69) is 10.8 Å². The maximum atomic E-state index is 12.3. The summed E-state index contributed by atoms with van der Waals surface area (Å²) in [6.45, 7) is -1.34. The smallest absolute Gasteiger partial charge is 0.513 e. The van der Waals surface area contributed by atoms with Crippen molar-refractivity contribution in [3.8, 4) is 5.75 Å². The van der Waals surface area contributed by atoms with Gasteiger partial charge in [0.25, 0.3) is 0 Å². The van der Waals surface area contributed by atoms with Gasteiger partial charge in [-0.2, -0.15) is 27.0 Å². The van der Waals surface area contributed by atoms with Crippen molar-refractivity contribution in [3.05, 3.63) is 37.8 Å². The molecule has 0 saturated carbocycles. The fourth-order valence-electron chi connectivity index (χ4n) is 0.704. The molecule has 6 heteroatoms. The second-order valence-electron chi connectivity index (χ2n) is 2.58. The van der Waals surface area contributed by atoms with Gasteiger partial charge in [-0.1, -0.05) is 0 Å². The molecule has 0 aliphatic heterocycles. The van der Waals surface area contributed by atoms with E-state index in [0.29, 0.717) is 0 Å². The van der Waals surface area contributed by atoms with E-state index in [1.165, 1.54) is 18.2 Å². The standard InChI is InChI=1S/C9H7F4O.CH3.Cs/c10-8(11)9(12,13)6-14-7-4-2-1-3-5-7;;/h1-4,8H,6H2;1H3;/q2*-1;+1. The molecule has 1 nitrogen and oxygen atoms in total. The van der Waals surface area contributed by atoms with Gasteiger partial charge >= 0.3 is 81.2 Å². The average Bonchev–Trinajstić information content (AvgIpc) is 2.16. The fraction of sp³-hybridized carbons (Fsp3) is 0.300. The Kier molecular flexibility index (Phi) is 10.6. The van der Waals surface area contributed by atoms with Crippen LogP contribution < -0.4 is 73.6 Å². The third-order valence-corrected chi connectivity index (χ3v) is 1.42. The first-order chi connectivity index (χ1) is 6.52. The largest absolute Gasteiger partial charge is 1.00 e. The van der Waals surface area contributed by atoms with Crippen LogP contribution in [0.5, 0.6) is 5.75 Å². The first kappa shape index (κ1) is 19.1. The van der Waals surface area contributed by atoms with E-state index in [4.69, 9.17) is 0 Å². The van der Waals surface area contributed by atoms with Gasteiger partial charge in [-0.05, 0) is 0 Å². The number of ether oxygens (including phenoxy) is 1. The number of para-hydroxylation sites is 1. The Morgan fingerprint density at radius 3 is 2.38 bits per heavy atom. The zero-order valence-corrected chi connectivity index (χ0v) is 15.3. The average molecular weight is 355 g/mol. The third kappa shape index (κ3) is 6.51. The molecule has 0 N–H and O–H groups in total. The molecular formula is C10H10CsF4O-. The van der Waals surface area contributed by atoms with Crippen LogP contribution in [-0.2, 0) is 0 Å². The molecule has 0 amide bonds. The van der Waals surface area contributed by atoms with Crippen molar-refractivity contribution in [2.75, 3.05) is 6.61 Å². The Labute approximate surface area is 151 Å². The van der Waals surface area contributed by atoms with Crippen molar-refractivity contribution in [2.45, 2.75) is 12.3 Å². The van der Waals surface area contributed by atoms with Crippen LogP contribution in [-0.4, -0.2) is 19.0 Å². The van der Waals surface area contributed by atoms with Crippen molar-refractivity contribution in [1.29, 1.82) is 0 Å². The summed E-state index contributed by atoms with van der Waals surface area (Å²) in [7, 11) is 0. The fourth-order valence-corrected chi connectivity index (χ4v) is 0.704. The molecule has 0 radical (unpaired) electrons. The molecule has 0 heterocycles. The normalized spacial score (nSPS) is 10.3. The van der Waals surface area contributed by atoms with Gasteiger partial charge in [-0.25, -0.2) is 8.78 Å². The van der Waals surface area contributed by atoms with Crippen molar-refractivity contribution in [1.82, 2.24) is 0 Å². The zero-order valence-electron chi connectivity index (χ0n) is 9.01. The zero-order chi connectivity index (χ0) is 10.6. The summed E-state index contributed by atoms with van der Waals surface area (Å²) in [6.07, 6.45) is -3.72. The molecule has 0 aliphatic rings. The van der Waals surface area contributed by atoms with Crippen molar-refractivity contribution in [3.63, 3.8) is 0 Å². The molecule has 0 bridgehead atoms. The van der Waals surface area contributed by atoms with Crippen molar-refractivity contribution >= 4 is 0 Å². The van der Waals surface area contributed by atoms with Crippen LogP contribution in [0.3, 0.4) is 0 Å². The number of benzene rings is 1. The Bertz CT molecular complexity index is 279. The van der Waals surface area contributed by atoms with Crippen LogP contribution in [0.15, 0.2) is 24.3 Å². The molecule has 0 atom stereocenters. The minimum Gasteiger partial charge on any atom is -0.513 e. The maximum Gasteiger partial charge on any atom is 1.00 e. The molecule has 0 saturated heterocycles. The predicted molar refractivity (Wildman–Crippen MR) is 48.1 cm³/mol. The molecule has 16 heavy (non-hydrogen) atoms. The number of rotatable bonds is 4. The van der Waals surface area contributed by atoms with Gasteiger partial charge in [0.1, 0.15) is 0 Å². The Morgan fingerprint density at radius 2 is 1.94 bits per heavy atom. The van der Waals surface area contributed by atoms with E-state index >= 15 is 0 Å². The summed E-state index contributed by atoms with van der Waals surface area (Å²) in [5.74, 6) is -4.10. The second kappa shape index (κ2) is 8.82. The molecule has 0 aromatic heterocycles. The minimum absolute atomic E-state index is 0. The molecule has 1 aromatic rings. The first-order valence-electron chi connectivity index (χ1n) is 3.78. The van der Waals surface area contributed by atoms with E-state index in [9.17, 15) is 17.6 Å². The number of hydrogen-bond acceptors (Lipinski definition) is 1. The van der Waals surface area contributed by atoms with Gasteiger partial charge < -0.3 is 12.2 Å². The number of alkyl halides is 4. The summed E-state index contributed by atoms with van der Waals surface area (Å²) < 4.78 is 52.5. The van der Waals surface area contributed by atoms with E-state index in [0.717, 1.165) is 0 Å². The molecule has 1 aromatic carbocycles. The van der Waals surface area contributed by atoms with Crippen LogP contribution in [0, 0.1) is 13.5 Å². The molecular weight excluding hydrogens is 345 g/mol. The third-order valence-electron chi connectivity index (χ3n) is 1.42. The van der Waals surface area contributed by atoms with Gasteiger partial charge in [-0.15, -0.1) is 12.1 Å². The van der Waals surface area contributed by atoms with Crippen LogP contribution >= 0.6 is 0 Å². The maximum absolute atomic E-state index is 12.3. The molecule has 0 fully saturated rings. The summed E-state index contributed by atoms with van der Waals surface area (Å²) in [5, 5.41) is 0. The molecule has 86 valence electrons. The van der Waals surface area contributed by atoms with Gasteiger partial charge in [0.15, 0.2) is 6.61 Å². The summed E-state index contributed by atoms with van der Waals surface area (Å²) in [5.41, 5.74) is 0. The van der Waals surface area contributed by atoms with Gasteiger partial charge in [0, 0.05) is 5.75 Å². The number of hydrogen-bond donors (Lipinski definition) is 0. The van der Waals surface area contributed by atoms with Gasteiger partial charge in [0.05, 0.1) is 0 Å². The van der Waals surface area contributed by atoms with E-state index in [1.807, 2.05) is 0 Å². The SMILES string of the molecule is FC(F)C(F)(F)COc1[c-]cccc1.[CH3-].[Cs+]. The topological polar surface area (TPSA) is 9.23 Å². The van der Waals surface area contributed by atoms with Crippen molar-refractivity contribution in [2.24, 2.45) is 0 Å². The predicted octanol–water partition coefficient (Wildman–Crippen LogP) is 0.220. The molecule has 0 aliphatic carbocycles. The molecule has 0 spiro atoms. The number of halogens is 4. The van der Waals surface area contributed by atoms with Crippen LogP contribution in [0.25, 0.3) is 0 Å². The quantitative estimate of drug-likeness (QED) is 0.555. The summed E-state index contributed by atoms with van der Waals surface area (Å²) in [4.78, 5) is 0. The van der Waals surface area contributed by atoms with Crippen molar-refractivity contribution < 1.29 is 91.2 Å². The first-order valence-corrected chi connectivity index (χ1v) is 3.78. The van der Waals surface area contributed by atoms with E-state index in [-0.39, 0.29) is 82.1 Å². The Morgan fingerprint density at radius 1 is 1.31 bits per heavy atom. The molecule has 1 rings (SSSR count).